The van der Waals surface area contributed by atoms with E-state index >= 15 is 0 Å². The van der Waals surface area contributed by atoms with E-state index in [1.54, 1.807) is 11.3 Å². The highest BCUT2D eigenvalue weighted by Gasteiger charge is 2.11. The van der Waals surface area contributed by atoms with E-state index in [4.69, 9.17) is 9.15 Å². The Morgan fingerprint density at radius 1 is 1.27 bits per heavy atom. The SMILES string of the molecule is CC(C)c1ccc(OCCNC(=O)Cc2coc(-c3cccs3)n2)cc1. The van der Waals surface area contributed by atoms with Crippen LogP contribution < -0.4 is 10.1 Å². The van der Waals surface area contributed by atoms with Crippen LogP contribution in [-0.2, 0) is 11.2 Å². The monoisotopic (exact) mass is 370 g/mol. The van der Waals surface area contributed by atoms with Gasteiger partial charge in [-0.15, -0.1) is 11.3 Å². The molecular formula is C20H22N2O3S. The van der Waals surface area contributed by atoms with Crippen LogP contribution in [0.5, 0.6) is 5.75 Å². The lowest BCUT2D eigenvalue weighted by atomic mass is 10.0. The largest absolute Gasteiger partial charge is 0.492 e. The van der Waals surface area contributed by atoms with Gasteiger partial charge in [-0.25, -0.2) is 4.98 Å². The van der Waals surface area contributed by atoms with Crippen molar-refractivity contribution in [1.29, 1.82) is 0 Å². The number of thiophene rings is 1. The van der Waals surface area contributed by atoms with Gasteiger partial charge in [0.2, 0.25) is 11.8 Å². The number of hydrogen-bond acceptors (Lipinski definition) is 5. The molecule has 0 aliphatic rings. The molecule has 0 aliphatic heterocycles. The first kappa shape index (κ1) is 18.2. The normalized spacial score (nSPS) is 10.9. The molecule has 0 radical (unpaired) electrons. The van der Waals surface area contributed by atoms with E-state index in [0.29, 0.717) is 30.7 Å². The first-order valence-electron chi connectivity index (χ1n) is 8.59. The average Bonchev–Trinajstić information content (AvgIpc) is 3.30. The summed E-state index contributed by atoms with van der Waals surface area (Å²) in [7, 11) is 0. The molecule has 2 heterocycles. The van der Waals surface area contributed by atoms with Crippen molar-refractivity contribution in [1.82, 2.24) is 10.3 Å². The maximum atomic E-state index is 12.0. The number of aromatic nitrogens is 1. The standard InChI is InChI=1S/C20H22N2O3S/c1-14(2)15-5-7-17(8-6-15)24-10-9-21-19(23)12-16-13-25-20(22-16)18-4-3-11-26-18/h3-8,11,13-14H,9-10,12H2,1-2H3,(H,21,23). The van der Waals surface area contributed by atoms with Gasteiger partial charge in [-0.05, 0) is 35.1 Å². The molecule has 3 rings (SSSR count). The lowest BCUT2D eigenvalue weighted by molar-refractivity contribution is -0.120. The minimum atomic E-state index is -0.102. The minimum Gasteiger partial charge on any atom is -0.492 e. The van der Waals surface area contributed by atoms with E-state index in [9.17, 15) is 4.79 Å². The van der Waals surface area contributed by atoms with Crippen molar-refractivity contribution >= 4 is 17.2 Å². The molecule has 1 aromatic carbocycles. The maximum absolute atomic E-state index is 12.0. The second kappa shape index (κ2) is 8.67. The molecule has 6 heteroatoms. The molecular weight excluding hydrogens is 348 g/mol. The van der Waals surface area contributed by atoms with Crippen molar-refractivity contribution in [2.45, 2.75) is 26.2 Å². The van der Waals surface area contributed by atoms with E-state index in [2.05, 4.69) is 36.3 Å². The Balaban J connectivity index is 1.39. The van der Waals surface area contributed by atoms with Crippen LogP contribution >= 0.6 is 11.3 Å². The molecule has 0 saturated heterocycles. The fourth-order valence-corrected chi connectivity index (χ4v) is 3.09. The van der Waals surface area contributed by atoms with Crippen LogP contribution in [0.2, 0.25) is 0 Å². The number of carbonyl (C=O) groups is 1. The van der Waals surface area contributed by atoms with Crippen LogP contribution in [0.15, 0.2) is 52.5 Å². The lowest BCUT2D eigenvalue weighted by Gasteiger charge is -2.09. The molecule has 0 spiro atoms. The Kier molecular flexibility index (Phi) is 6.07. The highest BCUT2D eigenvalue weighted by Crippen LogP contribution is 2.23. The fraction of sp³-hybridized carbons (Fsp3) is 0.300. The van der Waals surface area contributed by atoms with E-state index in [0.717, 1.165) is 10.6 Å². The number of ether oxygens (including phenoxy) is 1. The van der Waals surface area contributed by atoms with Gasteiger partial charge in [0.1, 0.15) is 18.6 Å². The van der Waals surface area contributed by atoms with E-state index in [1.807, 2.05) is 29.6 Å². The number of oxazole rings is 1. The molecule has 26 heavy (non-hydrogen) atoms. The quantitative estimate of drug-likeness (QED) is 0.602. The van der Waals surface area contributed by atoms with Gasteiger partial charge in [0.25, 0.3) is 0 Å². The van der Waals surface area contributed by atoms with E-state index in [-0.39, 0.29) is 12.3 Å². The second-order valence-corrected chi connectivity index (χ2v) is 7.17. The molecule has 5 nitrogen and oxygen atoms in total. The summed E-state index contributed by atoms with van der Waals surface area (Å²) in [4.78, 5) is 17.3. The maximum Gasteiger partial charge on any atom is 0.236 e. The van der Waals surface area contributed by atoms with Gasteiger partial charge in [-0.1, -0.05) is 32.0 Å². The van der Waals surface area contributed by atoms with Crippen LogP contribution in [0.3, 0.4) is 0 Å². The van der Waals surface area contributed by atoms with Crippen LogP contribution in [0, 0.1) is 0 Å². The number of carbonyl (C=O) groups excluding carboxylic acids is 1. The zero-order chi connectivity index (χ0) is 18.4. The number of nitrogens with zero attached hydrogens (tertiary/aromatic N) is 1. The van der Waals surface area contributed by atoms with Crippen molar-refractivity contribution in [3.05, 3.63) is 59.3 Å². The Morgan fingerprint density at radius 2 is 2.08 bits per heavy atom. The van der Waals surface area contributed by atoms with Crippen LogP contribution in [0.25, 0.3) is 10.8 Å². The molecule has 3 aromatic rings. The fourth-order valence-electron chi connectivity index (χ4n) is 2.44. The van der Waals surface area contributed by atoms with Gasteiger partial charge in [0.05, 0.1) is 23.5 Å². The molecule has 0 unspecified atom stereocenters. The average molecular weight is 370 g/mol. The van der Waals surface area contributed by atoms with Crippen LogP contribution in [0.4, 0.5) is 0 Å². The molecule has 2 aromatic heterocycles. The third-order valence-electron chi connectivity index (χ3n) is 3.87. The van der Waals surface area contributed by atoms with Gasteiger partial charge >= 0.3 is 0 Å². The van der Waals surface area contributed by atoms with Gasteiger partial charge < -0.3 is 14.5 Å². The zero-order valence-corrected chi connectivity index (χ0v) is 15.7. The van der Waals surface area contributed by atoms with E-state index in [1.165, 1.54) is 11.8 Å². The molecule has 0 fully saturated rings. The summed E-state index contributed by atoms with van der Waals surface area (Å²) in [5.74, 6) is 1.76. The molecule has 1 N–H and O–H groups in total. The summed E-state index contributed by atoms with van der Waals surface area (Å²) in [6.45, 7) is 5.18. The van der Waals surface area contributed by atoms with Crippen molar-refractivity contribution in [3.8, 4) is 16.5 Å². The van der Waals surface area contributed by atoms with Crippen molar-refractivity contribution < 1.29 is 13.9 Å². The number of nitrogens with one attached hydrogen (secondary N) is 1. The second-order valence-electron chi connectivity index (χ2n) is 6.22. The predicted octanol–water partition coefficient (Wildman–Crippen LogP) is 4.26. The summed E-state index contributed by atoms with van der Waals surface area (Å²) in [6.07, 6.45) is 1.72. The third-order valence-corrected chi connectivity index (χ3v) is 4.72. The molecule has 0 atom stereocenters. The molecule has 136 valence electrons. The Morgan fingerprint density at radius 3 is 2.77 bits per heavy atom. The Bertz CT molecular complexity index is 823. The first-order chi connectivity index (χ1) is 12.6. The summed E-state index contributed by atoms with van der Waals surface area (Å²) in [5, 5.41) is 4.79. The number of benzene rings is 1. The Labute approximate surface area is 157 Å². The third kappa shape index (κ3) is 4.95. The van der Waals surface area contributed by atoms with Gasteiger partial charge in [-0.3, -0.25) is 4.79 Å². The summed E-state index contributed by atoms with van der Waals surface area (Å²) < 4.78 is 11.1. The van der Waals surface area contributed by atoms with Gasteiger partial charge in [0.15, 0.2) is 0 Å². The smallest absolute Gasteiger partial charge is 0.236 e. The number of hydrogen-bond donors (Lipinski definition) is 1. The molecule has 0 aliphatic carbocycles. The number of rotatable bonds is 8. The van der Waals surface area contributed by atoms with Gasteiger partial charge in [-0.2, -0.15) is 0 Å². The topological polar surface area (TPSA) is 64.4 Å². The zero-order valence-electron chi connectivity index (χ0n) is 14.9. The van der Waals surface area contributed by atoms with Crippen molar-refractivity contribution in [3.63, 3.8) is 0 Å². The summed E-state index contributed by atoms with van der Waals surface area (Å²) >= 11 is 1.55. The molecule has 0 bridgehead atoms. The summed E-state index contributed by atoms with van der Waals surface area (Å²) in [6, 6.07) is 11.9. The van der Waals surface area contributed by atoms with Gasteiger partial charge in [0, 0.05) is 0 Å². The first-order valence-corrected chi connectivity index (χ1v) is 9.47. The van der Waals surface area contributed by atoms with Crippen molar-refractivity contribution in [2.75, 3.05) is 13.2 Å². The molecule has 1 amide bonds. The number of amides is 1. The summed E-state index contributed by atoms with van der Waals surface area (Å²) in [5.41, 5.74) is 1.90. The van der Waals surface area contributed by atoms with E-state index < -0.39 is 0 Å². The Hall–Kier alpha value is -2.60. The predicted molar refractivity (Wildman–Crippen MR) is 103 cm³/mol. The highest BCUT2D eigenvalue weighted by molar-refractivity contribution is 7.13. The van der Waals surface area contributed by atoms with Crippen molar-refractivity contribution in [2.24, 2.45) is 0 Å². The minimum absolute atomic E-state index is 0.102. The lowest BCUT2D eigenvalue weighted by Crippen LogP contribution is -2.29. The van der Waals surface area contributed by atoms with Crippen LogP contribution in [0.1, 0.15) is 31.0 Å². The highest BCUT2D eigenvalue weighted by atomic mass is 32.1. The van der Waals surface area contributed by atoms with Crippen LogP contribution in [-0.4, -0.2) is 24.0 Å². The molecule has 0 saturated carbocycles.